The Kier molecular flexibility index (Phi) is 3.20. The molecule has 0 radical (unpaired) electrons. The van der Waals surface area contributed by atoms with Gasteiger partial charge >= 0.3 is 5.97 Å². The van der Waals surface area contributed by atoms with Crippen molar-refractivity contribution in [1.82, 2.24) is 9.88 Å². The first kappa shape index (κ1) is 15.2. The monoisotopic (exact) mass is 328 g/mol. The van der Waals surface area contributed by atoms with E-state index in [1.165, 1.54) is 25.7 Å². The van der Waals surface area contributed by atoms with Crippen LogP contribution in [-0.2, 0) is 0 Å². The smallest absolute Gasteiger partial charge is 0.354 e. The van der Waals surface area contributed by atoms with E-state index in [0.29, 0.717) is 36.6 Å². The number of hydrogen-bond acceptors (Lipinski definition) is 4. The van der Waals surface area contributed by atoms with Crippen LogP contribution in [0.2, 0.25) is 0 Å². The fraction of sp³-hybridized carbons (Fsp3) is 0.500. The minimum absolute atomic E-state index is 0.129. The Bertz CT molecular complexity index is 759. The maximum Gasteiger partial charge on any atom is 0.354 e. The summed E-state index contributed by atoms with van der Waals surface area (Å²) in [5.74, 6) is 0.532. The molecule has 126 valence electrons. The number of amides is 1. The molecule has 4 atom stereocenters. The molecule has 0 spiro atoms. The molecule has 1 saturated heterocycles. The van der Waals surface area contributed by atoms with E-state index >= 15 is 0 Å². The highest BCUT2D eigenvalue weighted by Gasteiger charge is 2.58. The fourth-order valence-electron chi connectivity index (χ4n) is 4.73. The first-order chi connectivity index (χ1) is 11.4. The molecule has 2 aliphatic carbocycles. The third kappa shape index (κ3) is 2.05. The second kappa shape index (κ2) is 5.06. The third-order valence-electron chi connectivity index (χ3n) is 6.04. The molecule has 2 bridgehead atoms. The van der Waals surface area contributed by atoms with Gasteiger partial charge in [0.15, 0.2) is 5.69 Å². The number of allylic oxidation sites excluding steroid dienone is 2. The number of ether oxygens (including phenoxy) is 1. The molecule has 0 aromatic carbocycles. The van der Waals surface area contributed by atoms with Crippen LogP contribution < -0.4 is 4.74 Å². The molecule has 6 heteroatoms. The molecular formula is C18H20N2O4. The Hall–Kier alpha value is -2.37. The van der Waals surface area contributed by atoms with Crippen LogP contribution in [0.4, 0.5) is 0 Å². The van der Waals surface area contributed by atoms with E-state index in [1.54, 1.807) is 0 Å². The Morgan fingerprint density at radius 3 is 2.75 bits per heavy atom. The summed E-state index contributed by atoms with van der Waals surface area (Å²) >= 11 is 0. The number of aromatic nitrogens is 1. The van der Waals surface area contributed by atoms with Gasteiger partial charge < -0.3 is 14.7 Å². The molecule has 3 aliphatic rings. The van der Waals surface area contributed by atoms with Crippen molar-refractivity contribution in [3.63, 3.8) is 0 Å². The Morgan fingerprint density at radius 1 is 1.33 bits per heavy atom. The maximum absolute atomic E-state index is 12.9. The summed E-state index contributed by atoms with van der Waals surface area (Å²) < 4.78 is 5.11. The number of carboxylic acids is 1. The Morgan fingerprint density at radius 2 is 2.08 bits per heavy atom. The number of pyridine rings is 1. The van der Waals surface area contributed by atoms with Crippen LogP contribution in [-0.4, -0.2) is 47.1 Å². The van der Waals surface area contributed by atoms with E-state index in [4.69, 9.17) is 4.74 Å². The van der Waals surface area contributed by atoms with Gasteiger partial charge in [-0.3, -0.25) is 4.79 Å². The molecule has 1 saturated carbocycles. The highest BCUT2D eigenvalue weighted by molar-refractivity contribution is 5.95. The van der Waals surface area contributed by atoms with Crippen molar-refractivity contribution >= 4 is 11.9 Å². The van der Waals surface area contributed by atoms with E-state index in [1.807, 2.05) is 4.90 Å². The number of carboxylic acid groups (broad SMARTS) is 1. The second-order valence-electron chi connectivity index (χ2n) is 7.27. The number of carbonyl (C=O) groups excluding carboxylic acids is 1. The molecule has 2 fully saturated rings. The molecule has 1 aromatic heterocycles. The van der Waals surface area contributed by atoms with Crippen LogP contribution >= 0.6 is 0 Å². The zero-order chi connectivity index (χ0) is 17.1. The van der Waals surface area contributed by atoms with Crippen molar-refractivity contribution in [2.45, 2.75) is 13.3 Å². The molecule has 0 unspecified atom stereocenters. The molecule has 1 aliphatic heterocycles. The van der Waals surface area contributed by atoms with Crippen LogP contribution in [0, 0.1) is 23.2 Å². The van der Waals surface area contributed by atoms with Crippen LogP contribution in [0.1, 0.15) is 34.3 Å². The average molecular weight is 328 g/mol. The average Bonchev–Trinajstić information content (AvgIpc) is 3.24. The third-order valence-corrected chi connectivity index (χ3v) is 6.04. The van der Waals surface area contributed by atoms with Gasteiger partial charge in [0.1, 0.15) is 11.4 Å². The topological polar surface area (TPSA) is 79.7 Å². The molecule has 1 amide bonds. The molecule has 2 heterocycles. The number of likely N-dealkylation sites (tertiary alicyclic amines) is 1. The summed E-state index contributed by atoms with van der Waals surface area (Å²) in [6, 6.07) is 2.83. The molecule has 24 heavy (non-hydrogen) atoms. The van der Waals surface area contributed by atoms with E-state index in [-0.39, 0.29) is 22.7 Å². The zero-order valence-corrected chi connectivity index (χ0v) is 13.7. The van der Waals surface area contributed by atoms with E-state index in [0.717, 1.165) is 0 Å². The highest BCUT2D eigenvalue weighted by atomic mass is 16.5. The summed E-state index contributed by atoms with van der Waals surface area (Å²) in [6.07, 6.45) is 5.78. The van der Waals surface area contributed by atoms with Gasteiger partial charge in [-0.1, -0.05) is 19.1 Å². The van der Waals surface area contributed by atoms with Gasteiger partial charge in [-0.05, 0) is 29.6 Å². The van der Waals surface area contributed by atoms with E-state index < -0.39 is 5.97 Å². The lowest BCUT2D eigenvalue weighted by Crippen LogP contribution is -2.34. The van der Waals surface area contributed by atoms with E-state index in [2.05, 4.69) is 24.1 Å². The fourth-order valence-corrected chi connectivity index (χ4v) is 4.73. The SMILES string of the molecule is COc1cc(C(=O)O)nc(C(=O)N2C[C@@H]3[C@@H]4C=C[C@@H](C4)[C@]3(C)C2)c1. The quantitative estimate of drug-likeness (QED) is 0.859. The molecule has 1 N–H and O–H groups in total. The molecule has 6 nitrogen and oxygen atoms in total. The van der Waals surface area contributed by atoms with Gasteiger partial charge in [-0.2, -0.15) is 0 Å². The van der Waals surface area contributed by atoms with Gasteiger partial charge in [0.25, 0.3) is 5.91 Å². The first-order valence-electron chi connectivity index (χ1n) is 8.19. The predicted molar refractivity (Wildman–Crippen MR) is 86.0 cm³/mol. The van der Waals surface area contributed by atoms with Gasteiger partial charge in [0, 0.05) is 25.2 Å². The minimum atomic E-state index is -1.17. The normalized spacial score (nSPS) is 32.9. The van der Waals surface area contributed by atoms with Crippen LogP contribution in [0.25, 0.3) is 0 Å². The molecular weight excluding hydrogens is 308 g/mol. The van der Waals surface area contributed by atoms with Crippen LogP contribution in [0.15, 0.2) is 24.3 Å². The predicted octanol–water partition coefficient (Wildman–Crippen LogP) is 2.07. The standard InChI is InChI=1S/C18H20N2O4/c1-18-9-20(8-13(18)10-3-4-11(18)5-10)16(21)14-6-12(24-2)7-15(19-14)17(22)23/h3-4,6-7,10-11,13H,5,8-9H2,1-2H3,(H,22,23)/t10-,11+,13-,18+/m1/s1. The number of methoxy groups -OCH3 is 1. The summed E-state index contributed by atoms with van der Waals surface area (Å²) in [4.78, 5) is 29.9. The lowest BCUT2D eigenvalue weighted by Gasteiger charge is -2.31. The van der Waals surface area contributed by atoms with Crippen molar-refractivity contribution < 1.29 is 19.4 Å². The lowest BCUT2D eigenvalue weighted by molar-refractivity contribution is 0.0689. The maximum atomic E-state index is 12.9. The van der Waals surface area contributed by atoms with Gasteiger partial charge in [-0.15, -0.1) is 0 Å². The minimum Gasteiger partial charge on any atom is -0.497 e. The number of aromatic carboxylic acids is 1. The Balaban J connectivity index is 1.62. The van der Waals surface area contributed by atoms with Gasteiger partial charge in [0.2, 0.25) is 0 Å². The number of carbonyl (C=O) groups is 2. The van der Waals surface area contributed by atoms with Crippen LogP contribution in [0.3, 0.4) is 0 Å². The lowest BCUT2D eigenvalue weighted by atomic mass is 9.72. The first-order valence-corrected chi connectivity index (χ1v) is 8.19. The van der Waals surface area contributed by atoms with Gasteiger partial charge in [-0.25, -0.2) is 9.78 Å². The number of rotatable bonds is 3. The van der Waals surface area contributed by atoms with E-state index in [9.17, 15) is 14.7 Å². The largest absolute Gasteiger partial charge is 0.497 e. The summed E-state index contributed by atoms with van der Waals surface area (Å²) in [7, 11) is 1.44. The zero-order valence-electron chi connectivity index (χ0n) is 13.7. The Labute approximate surface area is 140 Å². The van der Waals surface area contributed by atoms with Crippen molar-refractivity contribution in [3.05, 3.63) is 35.7 Å². The number of nitrogens with zero attached hydrogens (tertiary/aromatic N) is 2. The summed E-state index contributed by atoms with van der Waals surface area (Å²) in [6.45, 7) is 3.67. The second-order valence-corrected chi connectivity index (χ2v) is 7.27. The van der Waals surface area contributed by atoms with Crippen molar-refractivity contribution in [1.29, 1.82) is 0 Å². The van der Waals surface area contributed by atoms with Crippen molar-refractivity contribution in [3.8, 4) is 5.75 Å². The summed E-state index contributed by atoms with van der Waals surface area (Å²) in [5.41, 5.74) is 0.0875. The van der Waals surface area contributed by atoms with Crippen molar-refractivity contribution in [2.24, 2.45) is 23.2 Å². The highest BCUT2D eigenvalue weighted by Crippen LogP contribution is 2.59. The number of fused-ring (bicyclic) bond motifs is 5. The number of hydrogen-bond donors (Lipinski definition) is 1. The van der Waals surface area contributed by atoms with Crippen molar-refractivity contribution in [2.75, 3.05) is 20.2 Å². The molecule has 1 aromatic rings. The summed E-state index contributed by atoms with van der Waals surface area (Å²) in [5, 5.41) is 9.18. The van der Waals surface area contributed by atoms with Gasteiger partial charge in [0.05, 0.1) is 7.11 Å². The van der Waals surface area contributed by atoms with Crippen LogP contribution in [0.5, 0.6) is 5.75 Å². The molecule has 4 rings (SSSR count).